The van der Waals surface area contributed by atoms with E-state index in [1.54, 1.807) is 30.6 Å². The van der Waals surface area contributed by atoms with Crippen LogP contribution in [0, 0.1) is 0 Å². The van der Waals surface area contributed by atoms with E-state index in [9.17, 15) is 5.11 Å². The summed E-state index contributed by atoms with van der Waals surface area (Å²) in [4.78, 5) is 4.14. The first-order valence-corrected chi connectivity index (χ1v) is 8.61. The Labute approximate surface area is 153 Å². The van der Waals surface area contributed by atoms with Crippen molar-refractivity contribution in [1.82, 2.24) is 4.98 Å². The zero-order valence-corrected chi connectivity index (χ0v) is 15.9. The number of rotatable bonds is 5. The second kappa shape index (κ2) is 7.40. The zero-order valence-electron chi connectivity index (χ0n) is 14.4. The van der Waals surface area contributed by atoms with E-state index in [4.69, 9.17) is 27.9 Å². The number of hydrogen-bond donors (Lipinski definition) is 1. The van der Waals surface area contributed by atoms with Gasteiger partial charge in [0, 0.05) is 33.9 Å². The highest BCUT2D eigenvalue weighted by Crippen LogP contribution is 2.40. The molecule has 2 aromatic rings. The third-order valence-corrected chi connectivity index (χ3v) is 4.59. The zero-order chi connectivity index (χ0) is 18.0. The van der Waals surface area contributed by atoms with Crippen molar-refractivity contribution >= 4 is 23.2 Å². The quantitative estimate of drug-likeness (QED) is 0.789. The molecule has 0 fully saturated rings. The van der Waals surface area contributed by atoms with Gasteiger partial charge in [0.05, 0.1) is 12.2 Å². The number of hydrogen-bond acceptors (Lipinski definition) is 3. The Balaban J connectivity index is 2.45. The average Bonchev–Trinajstić information content (AvgIpc) is 2.52. The molecule has 0 bridgehead atoms. The van der Waals surface area contributed by atoms with Gasteiger partial charge in [0.1, 0.15) is 5.60 Å². The summed E-state index contributed by atoms with van der Waals surface area (Å²) in [5.74, 6) is -0.311. The summed E-state index contributed by atoms with van der Waals surface area (Å²) in [7, 11) is 0. The van der Waals surface area contributed by atoms with Crippen LogP contribution in [0.3, 0.4) is 0 Å². The molecule has 0 aliphatic heterocycles. The fourth-order valence-electron chi connectivity index (χ4n) is 2.51. The topological polar surface area (TPSA) is 42.4 Å². The molecule has 24 heavy (non-hydrogen) atoms. The molecule has 0 saturated heterocycles. The molecule has 0 amide bonds. The van der Waals surface area contributed by atoms with Gasteiger partial charge in [0.25, 0.3) is 0 Å². The molecular formula is C19H23Cl2NO2. The summed E-state index contributed by atoms with van der Waals surface area (Å²) in [6.07, 6.45) is 3.33. The second-order valence-electron chi connectivity index (χ2n) is 6.95. The fourth-order valence-corrected chi connectivity index (χ4v) is 3.09. The van der Waals surface area contributed by atoms with Crippen LogP contribution in [0.25, 0.3) is 0 Å². The molecule has 0 aliphatic carbocycles. The van der Waals surface area contributed by atoms with Gasteiger partial charge in [-0.15, -0.1) is 0 Å². The summed E-state index contributed by atoms with van der Waals surface area (Å²) < 4.78 is 5.91. The Hall–Kier alpha value is -1.13. The van der Waals surface area contributed by atoms with Crippen LogP contribution >= 0.6 is 23.2 Å². The first-order chi connectivity index (χ1) is 11.1. The predicted octanol–water partition coefficient (Wildman–Crippen LogP) is 5.19. The molecule has 0 radical (unpaired) electrons. The first-order valence-electron chi connectivity index (χ1n) is 7.85. The maximum absolute atomic E-state index is 11.5. The van der Waals surface area contributed by atoms with Crippen molar-refractivity contribution < 1.29 is 9.84 Å². The summed E-state index contributed by atoms with van der Waals surface area (Å²) in [6.45, 7) is 7.92. The molecule has 1 aromatic heterocycles. The molecule has 5 heteroatoms. The van der Waals surface area contributed by atoms with Crippen LogP contribution < -0.4 is 0 Å². The molecule has 1 N–H and O–H groups in total. The van der Waals surface area contributed by atoms with Gasteiger partial charge < -0.3 is 9.84 Å². The van der Waals surface area contributed by atoms with Crippen LogP contribution in [0.5, 0.6) is 0 Å². The van der Waals surface area contributed by atoms with Gasteiger partial charge in [0.15, 0.2) is 0 Å². The number of aliphatic hydroxyl groups is 1. The molecule has 2 atom stereocenters. The summed E-state index contributed by atoms with van der Waals surface area (Å²) >= 11 is 12.3. The molecule has 0 aliphatic rings. The maximum atomic E-state index is 11.5. The number of pyridine rings is 1. The Kier molecular flexibility index (Phi) is 5.92. The molecular weight excluding hydrogens is 345 g/mol. The monoisotopic (exact) mass is 367 g/mol. The fraction of sp³-hybridized carbons (Fsp3) is 0.421. The van der Waals surface area contributed by atoms with Crippen LogP contribution in [-0.2, 0) is 10.3 Å². The van der Waals surface area contributed by atoms with Gasteiger partial charge in [0.2, 0.25) is 0 Å². The van der Waals surface area contributed by atoms with E-state index in [2.05, 4.69) is 4.98 Å². The Bertz CT molecular complexity index is 686. The lowest BCUT2D eigenvalue weighted by Gasteiger charge is -2.37. The Morgan fingerprint density at radius 3 is 2.46 bits per heavy atom. The molecule has 130 valence electrons. The highest BCUT2D eigenvalue weighted by atomic mass is 35.5. The van der Waals surface area contributed by atoms with Gasteiger partial charge in [-0.25, -0.2) is 0 Å². The van der Waals surface area contributed by atoms with Crippen LogP contribution in [0.1, 0.15) is 44.7 Å². The van der Waals surface area contributed by atoms with Gasteiger partial charge in [-0.2, -0.15) is 0 Å². The Morgan fingerprint density at radius 2 is 1.92 bits per heavy atom. The molecule has 0 spiro atoms. The van der Waals surface area contributed by atoms with Crippen molar-refractivity contribution in [2.45, 2.75) is 44.8 Å². The van der Waals surface area contributed by atoms with Crippen LogP contribution in [0.15, 0.2) is 42.7 Å². The molecule has 3 nitrogen and oxygen atoms in total. The van der Waals surface area contributed by atoms with E-state index >= 15 is 0 Å². The standard InChI is InChI=1S/C19H23Cl2NO2/c1-13(16-8-7-15(20)10-17(16)21)19(23,12-24-18(2,3)4)14-6-5-9-22-11-14/h5-11,13,23H,12H2,1-4H3. The van der Waals surface area contributed by atoms with Crippen molar-refractivity contribution in [2.75, 3.05) is 6.61 Å². The van der Waals surface area contributed by atoms with Crippen molar-refractivity contribution in [3.8, 4) is 0 Å². The lowest BCUT2D eigenvalue weighted by atomic mass is 9.79. The van der Waals surface area contributed by atoms with E-state index in [-0.39, 0.29) is 18.1 Å². The van der Waals surface area contributed by atoms with Crippen LogP contribution in [-0.4, -0.2) is 22.3 Å². The lowest BCUT2D eigenvalue weighted by molar-refractivity contribution is -0.113. The van der Waals surface area contributed by atoms with Gasteiger partial charge in [-0.05, 0) is 44.5 Å². The highest BCUT2D eigenvalue weighted by molar-refractivity contribution is 6.35. The smallest absolute Gasteiger partial charge is 0.121 e. The number of halogens is 2. The molecule has 2 rings (SSSR count). The van der Waals surface area contributed by atoms with E-state index < -0.39 is 5.60 Å². The van der Waals surface area contributed by atoms with Gasteiger partial charge in [-0.3, -0.25) is 4.98 Å². The van der Waals surface area contributed by atoms with Crippen molar-refractivity contribution in [3.63, 3.8) is 0 Å². The van der Waals surface area contributed by atoms with Crippen molar-refractivity contribution in [1.29, 1.82) is 0 Å². The third-order valence-electron chi connectivity index (χ3n) is 4.03. The molecule has 0 saturated carbocycles. The van der Waals surface area contributed by atoms with E-state index in [0.29, 0.717) is 15.6 Å². The lowest BCUT2D eigenvalue weighted by Crippen LogP contribution is -2.40. The minimum atomic E-state index is -1.26. The van der Waals surface area contributed by atoms with Gasteiger partial charge in [-0.1, -0.05) is 42.3 Å². The summed E-state index contributed by atoms with van der Waals surface area (Å²) in [5, 5.41) is 12.6. The number of nitrogens with zero attached hydrogens (tertiary/aromatic N) is 1. The van der Waals surface area contributed by atoms with E-state index in [0.717, 1.165) is 5.56 Å². The largest absolute Gasteiger partial charge is 0.382 e. The normalized spacial score (nSPS) is 15.8. The molecule has 1 heterocycles. The maximum Gasteiger partial charge on any atom is 0.121 e. The van der Waals surface area contributed by atoms with Crippen molar-refractivity contribution in [3.05, 3.63) is 63.9 Å². The second-order valence-corrected chi connectivity index (χ2v) is 7.80. The molecule has 1 aromatic carbocycles. The number of aromatic nitrogens is 1. The van der Waals surface area contributed by atoms with Crippen LogP contribution in [0.2, 0.25) is 10.0 Å². The Morgan fingerprint density at radius 1 is 1.21 bits per heavy atom. The molecule has 2 unspecified atom stereocenters. The highest BCUT2D eigenvalue weighted by Gasteiger charge is 2.39. The summed E-state index contributed by atoms with van der Waals surface area (Å²) in [6, 6.07) is 8.94. The SMILES string of the molecule is CC(c1ccc(Cl)cc1Cl)C(O)(COC(C)(C)C)c1cccnc1. The van der Waals surface area contributed by atoms with Crippen molar-refractivity contribution in [2.24, 2.45) is 0 Å². The average molecular weight is 368 g/mol. The number of benzene rings is 1. The predicted molar refractivity (Wildman–Crippen MR) is 98.7 cm³/mol. The van der Waals surface area contributed by atoms with Gasteiger partial charge >= 0.3 is 0 Å². The minimum Gasteiger partial charge on any atom is -0.382 e. The summed E-state index contributed by atoms with van der Waals surface area (Å²) in [5.41, 5.74) is -0.142. The minimum absolute atomic E-state index is 0.127. The van der Waals surface area contributed by atoms with E-state index in [1.165, 1.54) is 0 Å². The third kappa shape index (κ3) is 4.48. The van der Waals surface area contributed by atoms with Crippen LogP contribution in [0.4, 0.5) is 0 Å². The first kappa shape index (κ1) is 19.2. The van der Waals surface area contributed by atoms with E-state index in [1.807, 2.05) is 39.8 Å². The number of ether oxygens (including phenoxy) is 1.